The van der Waals surface area contributed by atoms with E-state index in [4.69, 9.17) is 9.15 Å². The lowest BCUT2D eigenvalue weighted by atomic mass is 9.91. The van der Waals surface area contributed by atoms with E-state index in [0.29, 0.717) is 44.8 Å². The van der Waals surface area contributed by atoms with Crippen molar-refractivity contribution in [1.29, 1.82) is 0 Å². The number of ether oxygens (including phenoxy) is 1. The van der Waals surface area contributed by atoms with Gasteiger partial charge in [-0.25, -0.2) is 13.6 Å². The van der Waals surface area contributed by atoms with E-state index < -0.39 is 41.9 Å². The summed E-state index contributed by atoms with van der Waals surface area (Å²) < 4.78 is 79.4. The van der Waals surface area contributed by atoms with E-state index in [-0.39, 0.29) is 24.3 Å². The third-order valence-corrected chi connectivity index (χ3v) is 7.30. The van der Waals surface area contributed by atoms with Crippen LogP contribution in [0.5, 0.6) is 5.75 Å². The maximum Gasteiger partial charge on any atom is 0.417 e. The molecule has 0 aliphatic carbocycles. The number of para-hydroxylation sites is 1. The molecule has 1 unspecified atom stereocenters. The number of nitrogens with zero attached hydrogens (tertiary/aromatic N) is 2. The second kappa shape index (κ2) is 10.2. The lowest BCUT2D eigenvalue weighted by Gasteiger charge is -2.30. The average molecular weight is 598 g/mol. The molecule has 222 valence electrons. The quantitative estimate of drug-likeness (QED) is 0.251. The number of alkyl halides is 5. The normalized spacial score (nSPS) is 17.2. The fraction of sp³-hybridized carbons (Fsp3) is 0.258. The third-order valence-electron chi connectivity index (χ3n) is 7.30. The van der Waals surface area contributed by atoms with Gasteiger partial charge in [0.25, 0.3) is 11.8 Å². The molecule has 0 bridgehead atoms. The average Bonchev–Trinajstić information content (AvgIpc) is 3.59. The Kier molecular flexibility index (Phi) is 6.74. The molecule has 6 rings (SSSR count). The van der Waals surface area contributed by atoms with Gasteiger partial charge in [0.1, 0.15) is 12.4 Å². The van der Waals surface area contributed by atoms with Gasteiger partial charge in [-0.2, -0.15) is 13.2 Å². The number of amides is 1. The number of carbonyl (C=O) groups excluding carboxylic acids is 1. The van der Waals surface area contributed by atoms with Crippen molar-refractivity contribution in [3.8, 4) is 5.75 Å². The highest BCUT2D eigenvalue weighted by atomic mass is 19.4. The molecule has 4 aromatic rings. The summed E-state index contributed by atoms with van der Waals surface area (Å²) in [6.07, 6.45) is -4.49. The number of nitrogens with one attached hydrogen (secondary N) is 1. The van der Waals surface area contributed by atoms with Gasteiger partial charge in [-0.05, 0) is 54.4 Å². The van der Waals surface area contributed by atoms with Crippen LogP contribution < -0.4 is 10.5 Å². The number of fused-ring (bicyclic) bond motifs is 1. The number of hydrogen-bond donors (Lipinski definition) is 1. The first-order valence-electron chi connectivity index (χ1n) is 13.3. The molecule has 12 heteroatoms. The van der Waals surface area contributed by atoms with E-state index in [0.717, 1.165) is 24.0 Å². The van der Waals surface area contributed by atoms with Gasteiger partial charge in [-0.3, -0.25) is 14.8 Å². The van der Waals surface area contributed by atoms with E-state index in [9.17, 15) is 31.5 Å². The maximum absolute atomic E-state index is 14.3. The molecule has 3 aromatic carbocycles. The van der Waals surface area contributed by atoms with Gasteiger partial charge in [-0.1, -0.05) is 29.8 Å². The Balaban J connectivity index is 1.32. The van der Waals surface area contributed by atoms with Crippen LogP contribution in [0, 0.1) is 6.92 Å². The molecule has 0 radical (unpaired) electrons. The number of H-pyrrole nitrogens is 1. The molecule has 1 amide bonds. The molecule has 0 saturated heterocycles. The largest absolute Gasteiger partial charge is 0.489 e. The Morgan fingerprint density at radius 2 is 1.79 bits per heavy atom. The molecule has 0 saturated carbocycles. The molecule has 0 fully saturated rings. The second-order valence-corrected chi connectivity index (χ2v) is 10.7. The first-order chi connectivity index (χ1) is 20.3. The fourth-order valence-corrected chi connectivity index (χ4v) is 5.62. The van der Waals surface area contributed by atoms with Crippen LogP contribution >= 0.6 is 0 Å². The Hall–Kier alpha value is -4.74. The van der Waals surface area contributed by atoms with Gasteiger partial charge in [0, 0.05) is 23.6 Å². The number of carbonyl (C=O) groups is 1. The molecule has 2 aliphatic heterocycles. The van der Waals surface area contributed by atoms with Crippen LogP contribution in [0.25, 0.3) is 11.1 Å². The minimum Gasteiger partial charge on any atom is -0.489 e. The number of aromatic amines is 1. The van der Waals surface area contributed by atoms with Crippen LogP contribution in [0.2, 0.25) is 0 Å². The summed E-state index contributed by atoms with van der Waals surface area (Å²) in [4.78, 5) is 33.6. The summed E-state index contributed by atoms with van der Waals surface area (Å²) in [5.41, 5.74) is 2.70. The zero-order valence-electron chi connectivity index (χ0n) is 22.9. The van der Waals surface area contributed by atoms with Crippen LogP contribution in [0.3, 0.4) is 0 Å². The summed E-state index contributed by atoms with van der Waals surface area (Å²) in [7, 11) is 0. The summed E-state index contributed by atoms with van der Waals surface area (Å²) in [6.45, 7) is 1.31. The molecule has 1 N–H and O–H groups in total. The number of benzene rings is 3. The van der Waals surface area contributed by atoms with Crippen molar-refractivity contribution in [3.63, 3.8) is 0 Å². The van der Waals surface area contributed by atoms with Crippen molar-refractivity contribution in [2.45, 2.75) is 38.6 Å². The van der Waals surface area contributed by atoms with Gasteiger partial charge >= 0.3 is 11.9 Å². The zero-order valence-corrected chi connectivity index (χ0v) is 22.9. The number of aromatic nitrogens is 1. The van der Waals surface area contributed by atoms with Crippen LogP contribution in [-0.4, -0.2) is 40.5 Å². The Bertz CT molecular complexity index is 1860. The lowest BCUT2D eigenvalue weighted by molar-refractivity contribution is -0.137. The second-order valence-electron chi connectivity index (χ2n) is 10.7. The number of aryl methyl sites for hydroxylation is 1. The smallest absolute Gasteiger partial charge is 0.417 e. The molecule has 0 spiro atoms. The highest BCUT2D eigenvalue weighted by Gasteiger charge is 2.47. The van der Waals surface area contributed by atoms with Crippen molar-refractivity contribution < 1.29 is 35.9 Å². The molecular weight excluding hydrogens is 573 g/mol. The molecule has 3 heterocycles. The van der Waals surface area contributed by atoms with Crippen LogP contribution in [0.1, 0.15) is 40.8 Å². The molecule has 1 aromatic heterocycles. The van der Waals surface area contributed by atoms with Crippen LogP contribution in [0.15, 0.2) is 86.0 Å². The van der Waals surface area contributed by atoms with E-state index in [1.54, 1.807) is 55.5 Å². The fourth-order valence-electron chi connectivity index (χ4n) is 5.62. The van der Waals surface area contributed by atoms with Crippen molar-refractivity contribution in [2.75, 3.05) is 13.1 Å². The highest BCUT2D eigenvalue weighted by molar-refractivity contribution is 6.25. The van der Waals surface area contributed by atoms with Gasteiger partial charge < -0.3 is 14.1 Å². The zero-order chi connectivity index (χ0) is 30.7. The number of aliphatic imine (C=N–C) groups is 1. The Morgan fingerprint density at radius 1 is 1.05 bits per heavy atom. The predicted octanol–water partition coefficient (Wildman–Crippen LogP) is 6.37. The molecule has 7 nitrogen and oxygen atoms in total. The Morgan fingerprint density at radius 3 is 2.49 bits per heavy atom. The number of hydrogen-bond acceptors (Lipinski definition) is 5. The summed E-state index contributed by atoms with van der Waals surface area (Å²) in [6, 6.07) is 14.1. The van der Waals surface area contributed by atoms with E-state index in [1.807, 2.05) is 0 Å². The van der Waals surface area contributed by atoms with Gasteiger partial charge in [0.05, 0.1) is 35.9 Å². The summed E-state index contributed by atoms with van der Waals surface area (Å²) >= 11 is 0. The number of rotatable bonds is 7. The Labute approximate surface area is 241 Å². The van der Waals surface area contributed by atoms with Crippen molar-refractivity contribution >= 4 is 22.7 Å². The number of halogens is 5. The topological polar surface area (TPSA) is 87.9 Å². The monoisotopic (exact) mass is 597 g/mol. The predicted molar refractivity (Wildman–Crippen MR) is 147 cm³/mol. The van der Waals surface area contributed by atoms with Crippen molar-refractivity contribution in [3.05, 3.63) is 110 Å². The van der Waals surface area contributed by atoms with Gasteiger partial charge in [0.2, 0.25) is 0 Å². The minimum atomic E-state index is -4.49. The van der Waals surface area contributed by atoms with E-state index in [1.165, 1.54) is 0 Å². The van der Waals surface area contributed by atoms with Crippen LogP contribution in [0.4, 0.5) is 22.0 Å². The standard InChI is InChI=1S/C31H24F5N3O4/c1-16-10-17(12-19(11-16)31(34,35)36)14-42-20-8-6-18(7-9-20)26-24-22(28(40)39(26)15-30(2,32)33)13-37-25(24)21-4-3-5-23-27(21)43-29(41)38-23/h3-12,26H,13-15H2,1-2H3,(H,38,41). The first-order valence-corrected chi connectivity index (χ1v) is 13.3. The molecule has 1 atom stereocenters. The SMILES string of the molecule is Cc1cc(COc2ccc(C3C4=C(CN=C4c4cccc5[nH]c(=O)oc45)C(=O)N3CC(C)(F)F)cc2)cc(C(F)(F)F)c1. The molecule has 43 heavy (non-hydrogen) atoms. The van der Waals surface area contributed by atoms with Gasteiger partial charge in [-0.15, -0.1) is 0 Å². The van der Waals surface area contributed by atoms with Gasteiger partial charge in [0.15, 0.2) is 5.58 Å². The summed E-state index contributed by atoms with van der Waals surface area (Å²) in [5.74, 6) is -4.09. The maximum atomic E-state index is 14.3. The first kappa shape index (κ1) is 28.4. The lowest BCUT2D eigenvalue weighted by Crippen LogP contribution is -2.40. The van der Waals surface area contributed by atoms with Crippen molar-refractivity contribution in [1.82, 2.24) is 9.88 Å². The summed E-state index contributed by atoms with van der Waals surface area (Å²) in [5, 5.41) is 0. The molecule has 2 aliphatic rings. The highest BCUT2D eigenvalue weighted by Crippen LogP contribution is 2.44. The number of oxazole rings is 1. The minimum absolute atomic E-state index is 0.0194. The van der Waals surface area contributed by atoms with E-state index >= 15 is 0 Å². The van der Waals surface area contributed by atoms with Crippen LogP contribution in [-0.2, 0) is 17.6 Å². The van der Waals surface area contributed by atoms with E-state index in [2.05, 4.69) is 9.98 Å². The van der Waals surface area contributed by atoms with Crippen molar-refractivity contribution in [2.24, 2.45) is 4.99 Å². The molecular formula is C31H24F5N3O4. The third kappa shape index (κ3) is 5.44.